The van der Waals surface area contributed by atoms with Crippen LogP contribution in [-0.2, 0) is 57.2 Å². The molecule has 0 radical (unpaired) electrons. The van der Waals surface area contributed by atoms with Crippen LogP contribution in [0, 0.1) is 0 Å². The predicted molar refractivity (Wildman–Crippen MR) is 381 cm³/mol. The fraction of sp³-hybridized carbons (Fsp3) is 0.900. The summed E-state index contributed by atoms with van der Waals surface area (Å²) >= 11 is 4.59. The van der Waals surface area contributed by atoms with Crippen molar-refractivity contribution in [3.8, 4) is 0 Å². The highest BCUT2D eigenvalue weighted by atomic mass is 32.2. The molecule has 0 aromatic rings. The molecule has 0 aliphatic carbocycles. The maximum atomic E-state index is 15.3. The average molecular weight is 1690 g/mol. The molecule has 49 heteroatoms. The molecule has 6 saturated heterocycles. The molecule has 6 aliphatic heterocycles. The molecule has 0 aromatic heterocycles. The Bertz CT molecular complexity index is 2780. The molecule has 0 spiro atoms. The summed E-state index contributed by atoms with van der Waals surface area (Å²) in [7, 11) is 0. The van der Waals surface area contributed by atoms with Gasteiger partial charge in [-0.1, -0.05) is 0 Å². The van der Waals surface area contributed by atoms with E-state index in [1.54, 1.807) is 0 Å². The van der Waals surface area contributed by atoms with Gasteiger partial charge in [0.2, 0.25) is 29.5 Å². The Morgan fingerprint density at radius 2 is 0.440 bits per heavy atom. The molecule has 0 saturated carbocycles. The third kappa shape index (κ3) is 26.3. The summed E-state index contributed by atoms with van der Waals surface area (Å²) < 4.78 is 33.6. The number of amides is 5. The van der Waals surface area contributed by atoms with Crippen molar-refractivity contribution in [2.45, 2.75) is 179 Å². The molecule has 0 unspecified atom stereocenters. The monoisotopic (exact) mass is 1690 g/mol. The van der Waals surface area contributed by atoms with E-state index >= 15 is 14.4 Å². The second-order valence-electron chi connectivity index (χ2n) is 26.1. The van der Waals surface area contributed by atoms with Crippen LogP contribution < -0.4 is 5.32 Å². The summed E-state index contributed by atoms with van der Waals surface area (Å²) in [6.07, 6.45) is -40.2. The number of aliphatic hydroxyl groups excluding tert-OH is 24. The first-order valence-corrected chi connectivity index (χ1v) is 40.8. The molecule has 6 fully saturated rings. The van der Waals surface area contributed by atoms with Crippen molar-refractivity contribution in [2.75, 3.05) is 153 Å². The van der Waals surface area contributed by atoms with Crippen molar-refractivity contribution in [3.63, 3.8) is 0 Å². The van der Waals surface area contributed by atoms with Gasteiger partial charge in [-0.25, -0.2) is 0 Å². The van der Waals surface area contributed by atoms with Gasteiger partial charge in [0, 0.05) is 73.8 Å². The van der Waals surface area contributed by atoms with Crippen LogP contribution in [0.4, 0.5) is 0 Å². The van der Waals surface area contributed by atoms with Crippen LogP contribution >= 0.6 is 70.6 Å². The summed E-state index contributed by atoms with van der Waals surface area (Å²) in [4.78, 5) is 91.2. The van der Waals surface area contributed by atoms with Crippen molar-refractivity contribution in [2.24, 2.45) is 0 Å². The minimum absolute atomic E-state index is 0.0389. The Labute approximate surface area is 649 Å². The lowest BCUT2D eigenvalue weighted by Gasteiger charge is -2.40. The molecular weight excluding hydrogens is 1590 g/mol. The number of carboxylic acid groups (broad SMARTS) is 1. The lowest BCUT2D eigenvalue weighted by molar-refractivity contribution is -0.205. The molecule has 0 bridgehead atoms. The number of hydrogen-bond donors (Lipinski definition) is 26. The van der Waals surface area contributed by atoms with Gasteiger partial charge in [-0.3, -0.25) is 28.8 Å². The molecule has 6 aliphatic rings. The van der Waals surface area contributed by atoms with Crippen LogP contribution in [0.1, 0.15) is 0 Å². The van der Waals surface area contributed by atoms with E-state index in [0.717, 1.165) is 71.5 Å². The maximum Gasteiger partial charge on any atom is 0.323 e. The summed E-state index contributed by atoms with van der Waals surface area (Å²) in [5.74, 6) is -8.23. The molecule has 6 rings (SSSR count). The molecule has 6 heterocycles. The van der Waals surface area contributed by atoms with Crippen molar-refractivity contribution in [3.05, 3.63) is 0 Å². The maximum absolute atomic E-state index is 15.3. The zero-order valence-electron chi connectivity index (χ0n) is 58.6. The highest BCUT2D eigenvalue weighted by molar-refractivity contribution is 8.00. The minimum Gasteiger partial charge on any atom is -0.480 e. The molecule has 109 heavy (non-hydrogen) atoms. The van der Waals surface area contributed by atoms with Gasteiger partial charge in [0.25, 0.3) is 0 Å². The fourth-order valence-electron chi connectivity index (χ4n) is 11.9. The third-order valence-electron chi connectivity index (χ3n) is 18.5. The second-order valence-corrected chi connectivity index (χ2v) is 33.3. The van der Waals surface area contributed by atoms with Gasteiger partial charge >= 0.3 is 5.97 Å². The quantitative estimate of drug-likeness (QED) is 0.0252. The Kier molecular flexibility index (Phi) is 40.8. The Morgan fingerprint density at radius 1 is 0.257 bits per heavy atom. The van der Waals surface area contributed by atoms with Crippen molar-refractivity contribution in [1.82, 2.24) is 29.8 Å². The highest BCUT2D eigenvalue weighted by Gasteiger charge is 2.50. The fourth-order valence-corrected chi connectivity index (χ4v) is 18.6. The molecule has 0 aromatic carbocycles. The first kappa shape index (κ1) is 95.5. The van der Waals surface area contributed by atoms with Crippen molar-refractivity contribution >= 4 is 106 Å². The minimum atomic E-state index is -1.89. The number of carboxylic acids is 1. The Hall–Kier alpha value is -2.32. The van der Waals surface area contributed by atoms with Gasteiger partial charge in [0.1, 0.15) is 186 Å². The number of thioether (sulfide) groups is 6. The molecule has 30 atom stereocenters. The first-order valence-electron chi connectivity index (χ1n) is 34.5. The number of nitrogens with one attached hydrogen (secondary N) is 1. The third-order valence-corrected chi connectivity index (χ3v) is 25.4. The van der Waals surface area contributed by atoms with E-state index in [1.807, 2.05) is 0 Å². The van der Waals surface area contributed by atoms with Crippen LogP contribution in [-0.4, -0.2) is 519 Å². The van der Waals surface area contributed by atoms with Gasteiger partial charge in [0.05, 0.1) is 72.4 Å². The highest BCUT2D eigenvalue weighted by Crippen LogP contribution is 2.35. The summed E-state index contributed by atoms with van der Waals surface area (Å²) in [5.41, 5.74) is -8.16. The molecule has 632 valence electrons. The number of ether oxygens (including phenoxy) is 6. The molecular formula is C60H104N6O37S6. The number of aliphatic carboxylic acids is 1. The predicted octanol–water partition coefficient (Wildman–Crippen LogP) is -16.0. The van der Waals surface area contributed by atoms with Crippen molar-refractivity contribution < 1.29 is 185 Å². The van der Waals surface area contributed by atoms with E-state index in [0.29, 0.717) is 23.5 Å². The van der Waals surface area contributed by atoms with Crippen LogP contribution in [0.5, 0.6) is 0 Å². The normalized spacial score (nSPS) is 37.1. The van der Waals surface area contributed by atoms with E-state index in [2.05, 4.69) is 5.32 Å². The summed E-state index contributed by atoms with van der Waals surface area (Å²) in [5, 5.41) is 263. The largest absolute Gasteiger partial charge is 0.480 e. The number of carbonyl (C=O) groups is 6. The van der Waals surface area contributed by atoms with E-state index in [4.69, 9.17) is 28.4 Å². The van der Waals surface area contributed by atoms with E-state index in [-0.39, 0.29) is 41.1 Å². The first-order chi connectivity index (χ1) is 51.7. The zero-order chi connectivity index (χ0) is 80.8. The number of nitrogens with zero attached hydrogens (tertiary/aromatic N) is 5. The SMILES string of the molecule is O=C(O)CN(CCS[C@H]1O[C@H](CO)[C@@H](O)[C@H](O)[C@@H]1O)C(=O)CN(CCS[C@H]1O[C@H](CO)[C@@H](O)[C@H](O)[C@@H]1O)C(=O)CN(CCS[C@H]1O[C@H](CO)[C@@H](O)[C@H](O)[C@@H]1O)C(=O)CN(CCS[C@H]1O[C@H](CO)[C@@H](O)[C@H](O)[C@@H]1O)C(=O)CN(CCS[C@H]1O[C@H](CO)[C@@H](O)[C@H](O)[C@@H]1O)C(=O)CNCCS[C@H]1O[C@H](CO)[C@@H](O)[C@H](O)[C@@H]1O. The van der Waals surface area contributed by atoms with Crippen LogP contribution in [0.15, 0.2) is 0 Å². The Balaban J connectivity index is 1.33. The van der Waals surface area contributed by atoms with E-state index in [1.165, 1.54) is 0 Å². The number of carbonyl (C=O) groups excluding carboxylic acids is 5. The van der Waals surface area contributed by atoms with Gasteiger partial charge in [-0.15, -0.1) is 70.6 Å². The molecule has 5 amide bonds. The standard InChI is InChI=1S/C60H104N6O37S6/c67-19-25-37(80)43(86)49(92)55(98-25)104-7-1-61-13-31(73)62(2-8-105-56-50(93)44(87)38(81)26(20-68)99-56)14-32(74)63(3-9-106-57-51(94)45(88)39(82)27(21-69)100-57)15-33(75)64(4-10-107-58-52(95)46(89)40(83)28(22-70)101-58)16-34(76)65(5-11-108-59-53(96)47(90)41(84)29(23-71)102-59)17-35(77)66(18-36(78)79)6-12-109-60-54(97)48(91)42(85)30(24-72)103-60/h25-30,37-61,67-72,80-97H,1-24H2,(H,78,79)/t25-,26-,27-,28-,29-,30-,37-,38-,39-,40-,41-,42-,43+,44+,45+,46+,47+,48+,49+,50+,51+,52+,53+,54+,55-,56-,57-,58-,59-,60-/m1/s1. The second kappa shape index (κ2) is 46.6. The lowest BCUT2D eigenvalue weighted by atomic mass is 10.0. The molecule has 43 nitrogen and oxygen atoms in total. The van der Waals surface area contributed by atoms with E-state index < -0.39 is 326 Å². The number of hydrogen-bond acceptors (Lipinski definition) is 43. The summed E-state index contributed by atoms with van der Waals surface area (Å²) in [6.45, 7) is -13.1. The number of rotatable bonds is 42. The summed E-state index contributed by atoms with van der Waals surface area (Å²) in [6, 6.07) is 0. The lowest BCUT2D eigenvalue weighted by Crippen LogP contribution is -2.58. The van der Waals surface area contributed by atoms with E-state index in [9.17, 15) is 142 Å². The van der Waals surface area contributed by atoms with Crippen LogP contribution in [0.25, 0.3) is 0 Å². The Morgan fingerprint density at radius 3 is 0.633 bits per heavy atom. The average Bonchev–Trinajstić information content (AvgIpc) is 0.843. The van der Waals surface area contributed by atoms with Gasteiger partial charge in [-0.05, 0) is 0 Å². The topological polar surface area (TPSA) is 692 Å². The van der Waals surface area contributed by atoms with Crippen LogP contribution in [0.2, 0.25) is 0 Å². The zero-order valence-corrected chi connectivity index (χ0v) is 63.5. The smallest absolute Gasteiger partial charge is 0.323 e. The van der Waals surface area contributed by atoms with Gasteiger partial charge in [-0.2, -0.15) is 0 Å². The number of aliphatic hydroxyl groups is 24. The molecule has 26 N–H and O–H groups in total. The van der Waals surface area contributed by atoms with Crippen LogP contribution in [0.3, 0.4) is 0 Å². The van der Waals surface area contributed by atoms with Gasteiger partial charge in [0.15, 0.2) is 0 Å². The van der Waals surface area contributed by atoms with Gasteiger partial charge < -0.3 is 186 Å². The van der Waals surface area contributed by atoms with Crippen molar-refractivity contribution in [1.29, 1.82) is 0 Å².